The minimum absolute atomic E-state index is 0.181. The molecular weight excluding hydrogens is 405 g/mol. The van der Waals surface area contributed by atoms with Gasteiger partial charge in [-0.1, -0.05) is 24.3 Å². The van der Waals surface area contributed by atoms with E-state index in [1.807, 2.05) is 11.4 Å². The Morgan fingerprint density at radius 3 is 2.70 bits per heavy atom. The summed E-state index contributed by atoms with van der Waals surface area (Å²) >= 11 is 1.70. The van der Waals surface area contributed by atoms with Gasteiger partial charge in [0.15, 0.2) is 6.61 Å². The summed E-state index contributed by atoms with van der Waals surface area (Å²) in [7, 11) is 0. The van der Waals surface area contributed by atoms with E-state index in [-0.39, 0.29) is 30.5 Å². The van der Waals surface area contributed by atoms with E-state index in [2.05, 4.69) is 0 Å². The van der Waals surface area contributed by atoms with E-state index < -0.39 is 5.97 Å². The van der Waals surface area contributed by atoms with Gasteiger partial charge >= 0.3 is 5.97 Å². The number of amides is 1. The highest BCUT2D eigenvalue weighted by atomic mass is 32.1. The Morgan fingerprint density at radius 2 is 1.87 bits per heavy atom. The number of nitrogens with zero attached hydrogens (tertiary/aromatic N) is 1. The molecule has 1 aromatic heterocycles. The number of hydrogen-bond donors (Lipinski definition) is 0. The maximum atomic E-state index is 13.0. The lowest BCUT2D eigenvalue weighted by Gasteiger charge is -2.26. The van der Waals surface area contributed by atoms with Crippen LogP contribution in [0.4, 0.5) is 4.39 Å². The van der Waals surface area contributed by atoms with Crippen LogP contribution in [0.15, 0.2) is 60.0 Å². The van der Waals surface area contributed by atoms with Crippen molar-refractivity contribution >= 4 is 23.2 Å². The monoisotopic (exact) mass is 425 g/mol. The Hall–Kier alpha value is -3.19. The molecule has 1 aliphatic rings. The second-order valence-corrected chi connectivity index (χ2v) is 7.92. The number of esters is 1. The second kappa shape index (κ2) is 9.09. The average Bonchev–Trinajstić information content (AvgIpc) is 3.25. The Morgan fingerprint density at radius 1 is 1.07 bits per heavy atom. The van der Waals surface area contributed by atoms with E-state index in [4.69, 9.17) is 9.47 Å². The zero-order chi connectivity index (χ0) is 20.9. The van der Waals surface area contributed by atoms with E-state index >= 15 is 0 Å². The van der Waals surface area contributed by atoms with E-state index in [1.165, 1.54) is 17.0 Å². The van der Waals surface area contributed by atoms with Crippen LogP contribution in [0, 0.1) is 5.82 Å². The number of benzene rings is 2. The number of carbonyl (C=O) groups excluding carboxylic acids is 2. The van der Waals surface area contributed by atoms with Crippen LogP contribution in [0.3, 0.4) is 0 Å². The Bertz CT molecular complexity index is 1050. The highest BCUT2D eigenvalue weighted by molar-refractivity contribution is 7.10. The number of halogens is 1. The van der Waals surface area contributed by atoms with Gasteiger partial charge in [-0.25, -0.2) is 9.18 Å². The predicted molar refractivity (Wildman–Crippen MR) is 111 cm³/mol. The molecule has 0 spiro atoms. The topological polar surface area (TPSA) is 55.8 Å². The van der Waals surface area contributed by atoms with Gasteiger partial charge in [0.1, 0.15) is 23.7 Å². The van der Waals surface area contributed by atoms with Gasteiger partial charge in [0.05, 0.1) is 0 Å². The molecule has 0 radical (unpaired) electrons. The normalized spacial score (nSPS) is 12.9. The van der Waals surface area contributed by atoms with E-state index in [0.717, 1.165) is 17.5 Å². The number of fused-ring (bicyclic) bond motifs is 1. The molecular formula is C23H20FNO4S. The van der Waals surface area contributed by atoms with Gasteiger partial charge in [-0.3, -0.25) is 4.79 Å². The molecule has 0 unspecified atom stereocenters. The molecule has 2 aromatic carbocycles. The Kier molecular flexibility index (Phi) is 6.09. The molecule has 0 bridgehead atoms. The lowest BCUT2D eigenvalue weighted by atomic mass is 10.1. The molecule has 0 aliphatic carbocycles. The minimum Gasteiger partial charge on any atom is -0.488 e. The quantitative estimate of drug-likeness (QED) is 0.556. The standard InChI is InChI=1S/C23H20FNO4S/c24-18-7-5-16(6-8-18)14-28-20-4-2-1-3-19(20)23(27)29-15-22(26)25-11-9-21-17(13-25)10-12-30-21/h1-8,10,12H,9,11,13-15H2. The molecule has 7 heteroatoms. The summed E-state index contributed by atoms with van der Waals surface area (Å²) in [5.41, 5.74) is 2.17. The summed E-state index contributed by atoms with van der Waals surface area (Å²) < 4.78 is 24.0. The maximum Gasteiger partial charge on any atom is 0.342 e. The zero-order valence-corrected chi connectivity index (χ0v) is 17.0. The molecule has 1 amide bonds. The lowest BCUT2D eigenvalue weighted by Crippen LogP contribution is -2.38. The highest BCUT2D eigenvalue weighted by Gasteiger charge is 2.23. The van der Waals surface area contributed by atoms with Gasteiger partial charge in [-0.15, -0.1) is 11.3 Å². The van der Waals surface area contributed by atoms with Gasteiger partial charge in [-0.05, 0) is 53.3 Å². The van der Waals surface area contributed by atoms with Crippen molar-refractivity contribution in [2.75, 3.05) is 13.2 Å². The van der Waals surface area contributed by atoms with Crippen molar-refractivity contribution < 1.29 is 23.5 Å². The van der Waals surface area contributed by atoms with Crippen LogP contribution in [0.25, 0.3) is 0 Å². The summed E-state index contributed by atoms with van der Waals surface area (Å²) in [5.74, 6) is -0.812. The van der Waals surface area contributed by atoms with Crippen LogP contribution in [0.5, 0.6) is 5.75 Å². The molecule has 0 atom stereocenters. The van der Waals surface area contributed by atoms with Crippen LogP contribution in [-0.2, 0) is 29.1 Å². The largest absolute Gasteiger partial charge is 0.488 e. The molecule has 3 aromatic rings. The fourth-order valence-electron chi connectivity index (χ4n) is 3.26. The fraction of sp³-hybridized carbons (Fsp3) is 0.217. The minimum atomic E-state index is -0.619. The molecule has 0 saturated heterocycles. The molecule has 0 N–H and O–H groups in total. The first-order chi connectivity index (χ1) is 14.6. The molecule has 1 aliphatic heterocycles. The first-order valence-electron chi connectivity index (χ1n) is 9.56. The van der Waals surface area contributed by atoms with E-state index in [0.29, 0.717) is 18.8 Å². The molecule has 0 fully saturated rings. The molecule has 2 heterocycles. The number of carbonyl (C=O) groups is 2. The van der Waals surface area contributed by atoms with Gasteiger partial charge in [0, 0.05) is 18.0 Å². The molecule has 154 valence electrons. The van der Waals surface area contributed by atoms with Gasteiger partial charge in [-0.2, -0.15) is 0 Å². The van der Waals surface area contributed by atoms with Crippen LogP contribution < -0.4 is 4.74 Å². The van der Waals surface area contributed by atoms with Crippen molar-refractivity contribution in [3.8, 4) is 5.75 Å². The van der Waals surface area contributed by atoms with Crippen molar-refractivity contribution in [2.24, 2.45) is 0 Å². The van der Waals surface area contributed by atoms with Crippen LogP contribution in [0.2, 0.25) is 0 Å². The van der Waals surface area contributed by atoms with E-state index in [9.17, 15) is 14.0 Å². The van der Waals surface area contributed by atoms with Crippen molar-refractivity contribution in [1.82, 2.24) is 4.90 Å². The first kappa shape index (κ1) is 20.1. The fourth-order valence-corrected chi connectivity index (χ4v) is 4.15. The van der Waals surface area contributed by atoms with Gasteiger partial charge in [0.25, 0.3) is 5.91 Å². The smallest absolute Gasteiger partial charge is 0.342 e. The lowest BCUT2D eigenvalue weighted by molar-refractivity contribution is -0.135. The number of thiophene rings is 1. The number of para-hydroxylation sites is 1. The van der Waals surface area contributed by atoms with Crippen LogP contribution >= 0.6 is 11.3 Å². The SMILES string of the molecule is O=C(OCC(=O)N1CCc2sccc2C1)c1ccccc1OCc1ccc(F)cc1. The van der Waals surface area contributed by atoms with E-state index in [1.54, 1.807) is 52.6 Å². The number of ether oxygens (including phenoxy) is 2. The van der Waals surface area contributed by atoms with Crippen molar-refractivity contribution in [3.05, 3.63) is 87.4 Å². The molecule has 0 saturated carbocycles. The van der Waals surface area contributed by atoms with Gasteiger partial charge in [0.2, 0.25) is 0 Å². The van der Waals surface area contributed by atoms with Crippen LogP contribution in [-0.4, -0.2) is 29.9 Å². The third-order valence-electron chi connectivity index (χ3n) is 4.90. The highest BCUT2D eigenvalue weighted by Crippen LogP contribution is 2.24. The first-order valence-corrected chi connectivity index (χ1v) is 10.4. The van der Waals surface area contributed by atoms with Gasteiger partial charge < -0.3 is 14.4 Å². The predicted octanol–water partition coefficient (Wildman–Crippen LogP) is 4.21. The van der Waals surface area contributed by atoms with Crippen molar-refractivity contribution in [3.63, 3.8) is 0 Å². The summed E-state index contributed by atoms with van der Waals surface area (Å²) in [6.45, 7) is 1.04. The molecule has 4 rings (SSSR count). The number of rotatable bonds is 6. The third-order valence-corrected chi connectivity index (χ3v) is 5.92. The van der Waals surface area contributed by atoms with Crippen LogP contribution in [0.1, 0.15) is 26.4 Å². The van der Waals surface area contributed by atoms with Crippen molar-refractivity contribution in [2.45, 2.75) is 19.6 Å². The number of hydrogen-bond acceptors (Lipinski definition) is 5. The second-order valence-electron chi connectivity index (χ2n) is 6.92. The Labute approximate surface area is 177 Å². The molecule has 30 heavy (non-hydrogen) atoms. The van der Waals surface area contributed by atoms with Crippen molar-refractivity contribution in [1.29, 1.82) is 0 Å². The summed E-state index contributed by atoms with van der Waals surface area (Å²) in [5, 5.41) is 2.03. The summed E-state index contributed by atoms with van der Waals surface area (Å²) in [4.78, 5) is 28.0. The molecule has 5 nitrogen and oxygen atoms in total. The zero-order valence-electron chi connectivity index (χ0n) is 16.2. The third kappa shape index (κ3) is 4.68. The summed E-state index contributed by atoms with van der Waals surface area (Å²) in [6.07, 6.45) is 0.826. The average molecular weight is 425 g/mol. The maximum absolute atomic E-state index is 13.0. The Balaban J connectivity index is 1.34. The summed E-state index contributed by atoms with van der Waals surface area (Å²) in [6, 6.07) is 14.7.